The summed E-state index contributed by atoms with van der Waals surface area (Å²) in [5.41, 5.74) is 0. The zero-order chi connectivity index (χ0) is 7.28. The predicted octanol–water partition coefficient (Wildman–Crippen LogP) is 0.0474. The summed E-state index contributed by atoms with van der Waals surface area (Å²) in [4.78, 5) is 19.8. The van der Waals surface area contributed by atoms with E-state index in [1.54, 1.807) is 0 Å². The first-order valence-corrected chi connectivity index (χ1v) is 3.32. The molecule has 0 saturated carbocycles. The van der Waals surface area contributed by atoms with Crippen molar-refractivity contribution in [3.63, 3.8) is 0 Å². The van der Waals surface area contributed by atoms with Crippen LogP contribution in [-0.2, 0) is 45.5 Å². The molecule has 63 valence electrons. The van der Waals surface area contributed by atoms with E-state index in [1.807, 2.05) is 0 Å². The molecule has 10 heavy (non-hydrogen) atoms. The van der Waals surface area contributed by atoms with E-state index in [0.717, 1.165) is 0 Å². The predicted molar refractivity (Wildman–Crippen MR) is 24.2 cm³/mol. The normalized spacial score (nSPS) is 8.10. The summed E-state index contributed by atoms with van der Waals surface area (Å²) in [6.45, 7) is 1.24. The molecular formula is C4H6CoFeO4. The van der Waals surface area contributed by atoms with Gasteiger partial charge in [-0.15, -0.1) is 0 Å². The van der Waals surface area contributed by atoms with Gasteiger partial charge in [0.05, 0.1) is 0 Å². The van der Waals surface area contributed by atoms with Crippen LogP contribution in [-0.4, -0.2) is 17.0 Å². The Kier molecular flexibility index (Phi) is 8.94. The molecule has 0 aliphatic carbocycles. The van der Waals surface area contributed by atoms with Crippen molar-refractivity contribution in [2.24, 2.45) is 0 Å². The van der Waals surface area contributed by atoms with E-state index in [0.29, 0.717) is 0 Å². The third-order valence-electron chi connectivity index (χ3n) is 0.311. The molecule has 6 heteroatoms. The molecule has 0 aromatic rings. The van der Waals surface area contributed by atoms with Crippen molar-refractivity contribution in [2.75, 3.05) is 0 Å². The Hall–Kier alpha value is -0.0340. The van der Waals surface area contributed by atoms with E-state index < -0.39 is 11.9 Å². The molecule has 0 aromatic heterocycles. The molecule has 0 heterocycles. The largest absolute Gasteiger partial charge is 0 e. The average Bonchev–Trinajstić information content (AvgIpc) is 1.63. The first-order valence-electron chi connectivity index (χ1n) is 2.08. The zero-order valence-electron chi connectivity index (χ0n) is 5.07. The van der Waals surface area contributed by atoms with Gasteiger partial charge in [-0.25, -0.2) is 0 Å². The van der Waals surface area contributed by atoms with Crippen molar-refractivity contribution in [2.45, 2.75) is 12.2 Å². The summed E-state index contributed by atoms with van der Waals surface area (Å²) in [6, 6.07) is 0. The fourth-order valence-corrected chi connectivity index (χ4v) is 0.582. The minimum atomic E-state index is -0.962. The number of hydrogen-bond acceptors (Lipinski definition) is 3. The van der Waals surface area contributed by atoms with E-state index in [4.69, 9.17) is 5.11 Å². The quantitative estimate of drug-likeness (QED) is 0.699. The minimum Gasteiger partial charge on any atom is 0 e. The van der Waals surface area contributed by atoms with E-state index in [2.05, 4.69) is 3.82 Å². The number of rotatable bonds is 3. The van der Waals surface area contributed by atoms with Crippen LogP contribution in [0.25, 0.3) is 0 Å². The van der Waals surface area contributed by atoms with Crippen molar-refractivity contribution in [1.29, 1.82) is 0 Å². The van der Waals surface area contributed by atoms with Crippen molar-refractivity contribution >= 4 is 11.9 Å². The molecule has 0 aliphatic heterocycles. The summed E-state index contributed by atoms with van der Waals surface area (Å²) >= 11 is -0.0370. The van der Waals surface area contributed by atoms with E-state index in [-0.39, 0.29) is 37.4 Å². The molecule has 1 radical (unpaired) electrons. The molecule has 0 bridgehead atoms. The van der Waals surface area contributed by atoms with Crippen molar-refractivity contribution in [3.8, 4) is 0 Å². The average molecular weight is 233 g/mol. The fourth-order valence-electron chi connectivity index (χ4n) is 0.141. The first kappa shape index (κ1) is 12.6. The molecule has 0 aromatic carbocycles. The molecule has 0 atom stereocenters. The number of carboxylic acid groups (broad SMARTS) is 1. The van der Waals surface area contributed by atoms with Gasteiger partial charge in [-0.3, -0.25) is 0 Å². The van der Waals surface area contributed by atoms with Gasteiger partial charge in [0.15, 0.2) is 0 Å². The molecule has 0 aliphatic rings. The summed E-state index contributed by atoms with van der Waals surface area (Å²) in [7, 11) is 0. The van der Waals surface area contributed by atoms with Crippen LogP contribution in [0.3, 0.4) is 0 Å². The van der Waals surface area contributed by atoms with Crippen LogP contribution in [0.4, 0.5) is 0 Å². The maximum absolute atomic E-state index is 10.0. The maximum Gasteiger partial charge on any atom is 0 e. The zero-order valence-corrected chi connectivity index (χ0v) is 7.21. The first-order chi connectivity index (χ1) is 4.13. The van der Waals surface area contributed by atoms with Gasteiger partial charge in [0.1, 0.15) is 0 Å². The van der Waals surface area contributed by atoms with Crippen molar-refractivity contribution < 1.29 is 50.6 Å². The van der Waals surface area contributed by atoms with Crippen LogP contribution >= 0.6 is 0 Å². The Morgan fingerprint density at radius 2 is 2.10 bits per heavy atom. The molecular weight excluding hydrogens is 227 g/mol. The third kappa shape index (κ3) is 10.9. The van der Waals surface area contributed by atoms with E-state index in [9.17, 15) is 9.59 Å². The van der Waals surface area contributed by atoms with Gasteiger partial charge in [0, 0.05) is 16.8 Å². The molecule has 0 fully saturated rings. The van der Waals surface area contributed by atoms with E-state index >= 15 is 0 Å². The molecule has 0 spiro atoms. The Bertz CT molecular complexity index is 112. The van der Waals surface area contributed by atoms with Gasteiger partial charge in [-0.1, -0.05) is 0 Å². The second kappa shape index (κ2) is 7.08. The second-order valence-electron chi connectivity index (χ2n) is 1.18. The summed E-state index contributed by atoms with van der Waals surface area (Å²) in [5, 5.41) is 7.91. The fraction of sp³-hybridized carbons (Fsp3) is 0.500. The standard InChI is InChI=1S/C2H4O2.C2H3O2.Co.Fe/c2*1-2(3)4;;/h1H3,(H,3,4);1H2,(H,3,4);;/q;;;+1/p-1. The van der Waals surface area contributed by atoms with Gasteiger partial charge in [0.2, 0.25) is 0 Å². The molecule has 0 saturated heterocycles. The van der Waals surface area contributed by atoms with Crippen LogP contribution in [0.15, 0.2) is 0 Å². The minimum absolute atomic E-state index is 0. The SMILES string of the molecule is CC(=O)[O][Fe][CH2]C(=O)O.[Co]. The molecule has 0 unspecified atom stereocenters. The monoisotopic (exact) mass is 233 g/mol. The molecule has 1 N–H and O–H groups in total. The van der Waals surface area contributed by atoms with E-state index in [1.165, 1.54) is 6.92 Å². The van der Waals surface area contributed by atoms with Crippen LogP contribution in [0.2, 0.25) is 5.32 Å². The van der Waals surface area contributed by atoms with Crippen LogP contribution < -0.4 is 0 Å². The van der Waals surface area contributed by atoms with Crippen molar-refractivity contribution in [3.05, 3.63) is 0 Å². The van der Waals surface area contributed by atoms with Gasteiger partial charge in [-0.05, 0) is 0 Å². The summed E-state index contributed by atoms with van der Waals surface area (Å²) in [5.74, 6) is -1.41. The molecule has 4 nitrogen and oxygen atoms in total. The summed E-state index contributed by atoms with van der Waals surface area (Å²) in [6.07, 6.45) is 0. The molecule has 0 rings (SSSR count). The topological polar surface area (TPSA) is 63.6 Å². The van der Waals surface area contributed by atoms with Gasteiger partial charge in [-0.2, -0.15) is 0 Å². The number of carbonyl (C=O) groups is 2. The Morgan fingerprint density at radius 1 is 1.60 bits per heavy atom. The van der Waals surface area contributed by atoms with Crippen LogP contribution in [0.5, 0.6) is 0 Å². The summed E-state index contributed by atoms with van der Waals surface area (Å²) < 4.78 is 4.33. The Labute approximate surface area is 75.0 Å². The Morgan fingerprint density at radius 3 is 2.40 bits per heavy atom. The Balaban J connectivity index is 0. The van der Waals surface area contributed by atoms with Crippen molar-refractivity contribution in [1.82, 2.24) is 0 Å². The van der Waals surface area contributed by atoms with Gasteiger partial charge >= 0.3 is 58.0 Å². The van der Waals surface area contributed by atoms with Crippen LogP contribution in [0, 0.1) is 0 Å². The smallest absolute Gasteiger partial charge is 0 e. The second-order valence-corrected chi connectivity index (χ2v) is 2.12. The number of aliphatic carboxylic acids is 1. The van der Waals surface area contributed by atoms with Crippen LogP contribution in [0.1, 0.15) is 6.92 Å². The third-order valence-corrected chi connectivity index (χ3v) is 1.28. The van der Waals surface area contributed by atoms with Gasteiger partial charge in [0.25, 0.3) is 0 Å². The number of hydrogen-bond donors (Lipinski definition) is 1. The number of carboxylic acids is 1. The van der Waals surface area contributed by atoms with Gasteiger partial charge < -0.3 is 0 Å². The maximum atomic E-state index is 10.0. The number of carbonyl (C=O) groups excluding carboxylic acids is 1. The molecule has 0 amide bonds.